The summed E-state index contributed by atoms with van der Waals surface area (Å²) in [4.78, 5) is 16.8. The summed E-state index contributed by atoms with van der Waals surface area (Å²) in [6.45, 7) is 2.88. The van der Waals surface area contributed by atoms with Crippen molar-refractivity contribution in [1.29, 1.82) is 0 Å². The molecular weight excluding hydrogens is 240 g/mol. The molecule has 4 aliphatic heterocycles. The van der Waals surface area contributed by atoms with Crippen LogP contribution in [0.4, 0.5) is 0 Å². The molecule has 0 bridgehead atoms. The van der Waals surface area contributed by atoms with Crippen molar-refractivity contribution in [2.45, 2.75) is 62.6 Å². The molecule has 4 rings (SSSR count). The van der Waals surface area contributed by atoms with Gasteiger partial charge in [0.2, 0.25) is 5.91 Å². The highest BCUT2D eigenvalue weighted by Crippen LogP contribution is 2.46. The van der Waals surface area contributed by atoms with Gasteiger partial charge in [0.05, 0.1) is 12.1 Å². The first-order chi connectivity index (χ1) is 9.19. The van der Waals surface area contributed by atoms with Crippen LogP contribution in [0.25, 0.3) is 0 Å². The van der Waals surface area contributed by atoms with E-state index in [1.54, 1.807) is 0 Å². The topological polar surface area (TPSA) is 43.8 Å². The summed E-state index contributed by atoms with van der Waals surface area (Å²) in [7, 11) is 0. The number of carbonyl (C=O) groups excluding carboxylic acids is 1. The molecule has 0 radical (unpaired) electrons. The Balaban J connectivity index is 1.71. The van der Waals surface area contributed by atoms with Crippen molar-refractivity contribution in [2.75, 3.05) is 19.6 Å². The van der Waals surface area contributed by atoms with Gasteiger partial charge in [0.1, 0.15) is 0 Å². The average molecular weight is 264 g/mol. The van der Waals surface area contributed by atoms with Gasteiger partial charge in [-0.05, 0) is 57.5 Å². The van der Waals surface area contributed by atoms with E-state index >= 15 is 0 Å². The highest BCUT2D eigenvalue weighted by atomic mass is 16.3. The van der Waals surface area contributed by atoms with Crippen molar-refractivity contribution in [3.8, 4) is 0 Å². The molecule has 4 fully saturated rings. The van der Waals surface area contributed by atoms with Crippen LogP contribution < -0.4 is 0 Å². The molecule has 4 heteroatoms. The van der Waals surface area contributed by atoms with E-state index in [2.05, 4.69) is 4.90 Å². The van der Waals surface area contributed by atoms with Crippen molar-refractivity contribution in [2.24, 2.45) is 5.92 Å². The van der Waals surface area contributed by atoms with E-state index in [0.29, 0.717) is 31.0 Å². The van der Waals surface area contributed by atoms with Gasteiger partial charge >= 0.3 is 0 Å². The number of hydrogen-bond acceptors (Lipinski definition) is 3. The van der Waals surface area contributed by atoms with E-state index in [1.807, 2.05) is 4.90 Å². The zero-order valence-corrected chi connectivity index (χ0v) is 11.6. The predicted molar refractivity (Wildman–Crippen MR) is 71.6 cm³/mol. The van der Waals surface area contributed by atoms with E-state index in [9.17, 15) is 9.90 Å². The van der Waals surface area contributed by atoms with Crippen LogP contribution in [-0.2, 0) is 4.79 Å². The summed E-state index contributed by atoms with van der Waals surface area (Å²) >= 11 is 0. The van der Waals surface area contributed by atoms with Gasteiger partial charge in [0, 0.05) is 18.5 Å². The van der Waals surface area contributed by atoms with Gasteiger partial charge in [-0.2, -0.15) is 0 Å². The molecule has 0 aromatic rings. The van der Waals surface area contributed by atoms with E-state index in [4.69, 9.17) is 0 Å². The Kier molecular flexibility index (Phi) is 2.68. The summed E-state index contributed by atoms with van der Waals surface area (Å²) < 4.78 is 0. The van der Waals surface area contributed by atoms with E-state index in [-0.39, 0.29) is 5.91 Å². The second-order valence-electron chi connectivity index (χ2n) is 6.98. The maximum absolute atomic E-state index is 12.2. The van der Waals surface area contributed by atoms with Crippen LogP contribution in [0.2, 0.25) is 0 Å². The summed E-state index contributed by atoms with van der Waals surface area (Å²) in [6, 6.07) is 0.731. The second-order valence-corrected chi connectivity index (χ2v) is 6.98. The SMILES string of the molecule is O=C1CCC[C@@H]2[C@H]3CCCN4CCC[C@@](O)(CN12)[C@@H]34. The number of hydrogen-bond donors (Lipinski definition) is 1. The van der Waals surface area contributed by atoms with Crippen LogP contribution in [-0.4, -0.2) is 58.1 Å². The third-order valence-electron chi connectivity index (χ3n) is 5.94. The minimum absolute atomic E-state index is 0.283. The molecule has 4 atom stereocenters. The molecular formula is C15H24N2O2. The monoisotopic (exact) mass is 264 g/mol. The Hall–Kier alpha value is -0.610. The fourth-order valence-corrected chi connectivity index (χ4v) is 5.29. The van der Waals surface area contributed by atoms with Gasteiger partial charge in [-0.3, -0.25) is 9.69 Å². The Morgan fingerprint density at radius 2 is 2.00 bits per heavy atom. The lowest BCUT2D eigenvalue weighted by atomic mass is 9.66. The molecule has 0 unspecified atom stereocenters. The number of amides is 1. The Bertz CT molecular complexity index is 398. The highest BCUT2D eigenvalue weighted by molar-refractivity contribution is 5.77. The minimum Gasteiger partial charge on any atom is -0.386 e. The third kappa shape index (κ3) is 1.69. The number of nitrogens with zero attached hydrogens (tertiary/aromatic N) is 2. The number of carbonyl (C=O) groups is 1. The van der Waals surface area contributed by atoms with Crippen LogP contribution >= 0.6 is 0 Å². The predicted octanol–water partition coefficient (Wildman–Crippen LogP) is 0.987. The maximum atomic E-state index is 12.2. The van der Waals surface area contributed by atoms with Crippen molar-refractivity contribution < 1.29 is 9.90 Å². The van der Waals surface area contributed by atoms with Gasteiger partial charge < -0.3 is 10.0 Å². The number of aliphatic hydroxyl groups is 1. The molecule has 106 valence electrons. The first kappa shape index (κ1) is 12.2. The summed E-state index contributed by atoms with van der Waals surface area (Å²) in [6.07, 6.45) is 7.26. The van der Waals surface area contributed by atoms with E-state index in [1.165, 1.54) is 12.8 Å². The summed E-state index contributed by atoms with van der Waals surface area (Å²) in [5.41, 5.74) is -0.632. The highest BCUT2D eigenvalue weighted by Gasteiger charge is 2.57. The zero-order valence-electron chi connectivity index (χ0n) is 11.6. The molecule has 4 saturated heterocycles. The molecule has 0 saturated carbocycles. The van der Waals surface area contributed by atoms with E-state index < -0.39 is 5.60 Å². The molecule has 4 aliphatic rings. The lowest BCUT2D eigenvalue weighted by Gasteiger charge is -2.61. The molecule has 0 aromatic heterocycles. The van der Waals surface area contributed by atoms with Crippen LogP contribution in [0.5, 0.6) is 0 Å². The van der Waals surface area contributed by atoms with Crippen molar-refractivity contribution >= 4 is 5.91 Å². The summed E-state index contributed by atoms with van der Waals surface area (Å²) in [5.74, 6) is 0.794. The lowest BCUT2D eigenvalue weighted by Crippen LogP contribution is -2.74. The van der Waals surface area contributed by atoms with Gasteiger partial charge in [-0.25, -0.2) is 0 Å². The summed E-state index contributed by atoms with van der Waals surface area (Å²) in [5, 5.41) is 11.1. The molecule has 0 aromatic carbocycles. The average Bonchev–Trinajstić information content (AvgIpc) is 2.40. The lowest BCUT2D eigenvalue weighted by molar-refractivity contribution is -0.190. The Morgan fingerprint density at radius 1 is 1.16 bits per heavy atom. The van der Waals surface area contributed by atoms with Crippen LogP contribution in [0.1, 0.15) is 44.9 Å². The largest absolute Gasteiger partial charge is 0.386 e. The van der Waals surface area contributed by atoms with Crippen LogP contribution in [0.15, 0.2) is 0 Å². The normalized spacial score (nSPS) is 46.7. The number of piperidine rings is 4. The molecule has 4 heterocycles. The molecule has 1 amide bonds. The van der Waals surface area contributed by atoms with Gasteiger partial charge in [-0.15, -0.1) is 0 Å². The van der Waals surface area contributed by atoms with Gasteiger partial charge in [0.25, 0.3) is 0 Å². The van der Waals surface area contributed by atoms with Crippen molar-refractivity contribution in [3.05, 3.63) is 0 Å². The molecule has 1 N–H and O–H groups in total. The Labute approximate surface area is 114 Å². The molecule has 19 heavy (non-hydrogen) atoms. The first-order valence-electron chi connectivity index (χ1n) is 7.95. The smallest absolute Gasteiger partial charge is 0.222 e. The van der Waals surface area contributed by atoms with Crippen molar-refractivity contribution in [3.63, 3.8) is 0 Å². The number of rotatable bonds is 0. The van der Waals surface area contributed by atoms with Crippen molar-refractivity contribution in [1.82, 2.24) is 9.80 Å². The Morgan fingerprint density at radius 3 is 2.89 bits per heavy atom. The third-order valence-corrected chi connectivity index (χ3v) is 5.94. The van der Waals surface area contributed by atoms with E-state index in [0.717, 1.165) is 38.8 Å². The maximum Gasteiger partial charge on any atom is 0.222 e. The minimum atomic E-state index is -0.632. The zero-order chi connectivity index (χ0) is 13.0. The molecule has 0 spiro atoms. The van der Waals surface area contributed by atoms with Gasteiger partial charge in [0.15, 0.2) is 0 Å². The fraction of sp³-hybridized carbons (Fsp3) is 0.933. The molecule has 4 nitrogen and oxygen atoms in total. The first-order valence-corrected chi connectivity index (χ1v) is 7.95. The number of fused-ring (bicyclic) bond motifs is 2. The van der Waals surface area contributed by atoms with Crippen LogP contribution in [0.3, 0.4) is 0 Å². The fourth-order valence-electron chi connectivity index (χ4n) is 5.29. The van der Waals surface area contributed by atoms with Gasteiger partial charge in [-0.1, -0.05) is 0 Å². The molecule has 0 aliphatic carbocycles. The quantitative estimate of drug-likeness (QED) is 0.709. The van der Waals surface area contributed by atoms with Crippen LogP contribution in [0, 0.1) is 5.92 Å². The second kappa shape index (κ2) is 4.19. The standard InChI is InChI=1S/C15H24N2O2/c18-13-6-1-5-12-11-4-2-8-16-9-3-7-15(19,14(11)16)10-17(12)13/h11-12,14,19H,1-10H2/t11-,12-,14-,15-/m1/s1.